The topological polar surface area (TPSA) is 102 Å². The van der Waals surface area contributed by atoms with Crippen LogP contribution in [-0.4, -0.2) is 35.3 Å². The molecule has 1 aromatic rings. The van der Waals surface area contributed by atoms with Crippen molar-refractivity contribution in [1.29, 1.82) is 0 Å². The minimum atomic E-state index is -0.938. The monoisotopic (exact) mass is 254 g/mol. The van der Waals surface area contributed by atoms with Gasteiger partial charge in [0.1, 0.15) is 6.04 Å². The quantitative estimate of drug-likeness (QED) is 0.445. The number of nitro benzene ring substituents is 1. The highest BCUT2D eigenvalue weighted by Gasteiger charge is 2.19. The molecule has 0 spiro atoms. The predicted molar refractivity (Wildman–Crippen MR) is 64.2 cm³/mol. The Morgan fingerprint density at radius 3 is 2.89 bits per heavy atom. The summed E-state index contributed by atoms with van der Waals surface area (Å²) >= 11 is 0. The molecule has 7 nitrogen and oxygen atoms in total. The lowest BCUT2D eigenvalue weighted by molar-refractivity contribution is -0.384. The number of aliphatic hydroxyl groups is 1. The van der Waals surface area contributed by atoms with Gasteiger partial charge in [0.2, 0.25) is 0 Å². The van der Waals surface area contributed by atoms with Gasteiger partial charge in [-0.25, -0.2) is 4.79 Å². The van der Waals surface area contributed by atoms with E-state index in [2.05, 4.69) is 5.32 Å². The van der Waals surface area contributed by atoms with E-state index >= 15 is 0 Å². The summed E-state index contributed by atoms with van der Waals surface area (Å²) in [5, 5.41) is 22.3. The van der Waals surface area contributed by atoms with Crippen molar-refractivity contribution >= 4 is 17.3 Å². The zero-order chi connectivity index (χ0) is 13.5. The molecule has 0 aliphatic heterocycles. The van der Waals surface area contributed by atoms with Crippen LogP contribution >= 0.6 is 0 Å². The average molecular weight is 254 g/mol. The number of carbonyl (C=O) groups is 1. The molecule has 0 unspecified atom stereocenters. The van der Waals surface area contributed by atoms with Gasteiger partial charge in [0.25, 0.3) is 5.69 Å². The number of nitrogens with one attached hydrogen (secondary N) is 1. The SMILES string of the molecule is CCOC(=O)[C@H](CO)Nc1cccc([N+](=O)[O-])c1. The molecule has 0 fully saturated rings. The lowest BCUT2D eigenvalue weighted by Crippen LogP contribution is -2.34. The third kappa shape index (κ3) is 3.70. The molecular formula is C11H14N2O5. The fourth-order valence-corrected chi connectivity index (χ4v) is 1.33. The van der Waals surface area contributed by atoms with Gasteiger partial charge >= 0.3 is 5.97 Å². The molecule has 0 saturated heterocycles. The number of nitro groups is 1. The third-order valence-electron chi connectivity index (χ3n) is 2.15. The Hall–Kier alpha value is -2.15. The van der Waals surface area contributed by atoms with E-state index in [0.29, 0.717) is 5.69 Å². The van der Waals surface area contributed by atoms with Gasteiger partial charge < -0.3 is 15.2 Å². The van der Waals surface area contributed by atoms with Gasteiger partial charge in [-0.05, 0) is 13.0 Å². The van der Waals surface area contributed by atoms with Crippen molar-refractivity contribution in [1.82, 2.24) is 0 Å². The van der Waals surface area contributed by atoms with Gasteiger partial charge in [-0.2, -0.15) is 0 Å². The summed E-state index contributed by atoms with van der Waals surface area (Å²) in [5.74, 6) is -0.605. The number of aliphatic hydroxyl groups excluding tert-OH is 1. The van der Waals surface area contributed by atoms with E-state index in [9.17, 15) is 14.9 Å². The highest BCUT2D eigenvalue weighted by atomic mass is 16.6. The fourth-order valence-electron chi connectivity index (χ4n) is 1.33. The van der Waals surface area contributed by atoms with Crippen molar-refractivity contribution in [2.45, 2.75) is 13.0 Å². The Morgan fingerprint density at radius 2 is 2.33 bits per heavy atom. The van der Waals surface area contributed by atoms with E-state index in [4.69, 9.17) is 9.84 Å². The summed E-state index contributed by atoms with van der Waals surface area (Å²) in [5.41, 5.74) is 0.275. The summed E-state index contributed by atoms with van der Waals surface area (Å²) < 4.78 is 4.75. The third-order valence-corrected chi connectivity index (χ3v) is 2.15. The Balaban J connectivity index is 2.78. The van der Waals surface area contributed by atoms with Gasteiger partial charge in [0, 0.05) is 17.8 Å². The predicted octanol–water partition coefficient (Wildman–Crippen LogP) is 0.931. The number of hydrogen-bond donors (Lipinski definition) is 2. The summed E-state index contributed by atoms with van der Waals surface area (Å²) in [6.45, 7) is 1.40. The van der Waals surface area contributed by atoms with Crippen LogP contribution in [0.4, 0.5) is 11.4 Å². The molecule has 0 aliphatic rings. The molecule has 7 heteroatoms. The van der Waals surface area contributed by atoms with Crippen molar-refractivity contribution in [3.05, 3.63) is 34.4 Å². The van der Waals surface area contributed by atoms with Gasteiger partial charge in [0.05, 0.1) is 18.1 Å². The number of ether oxygens (including phenoxy) is 1. The second kappa shape index (κ2) is 6.55. The van der Waals surface area contributed by atoms with Crippen LogP contribution in [0.5, 0.6) is 0 Å². The molecule has 0 bridgehead atoms. The Bertz CT molecular complexity index is 435. The molecule has 1 rings (SSSR count). The number of rotatable bonds is 6. The van der Waals surface area contributed by atoms with E-state index in [1.165, 1.54) is 18.2 Å². The first-order chi connectivity index (χ1) is 8.58. The smallest absolute Gasteiger partial charge is 0.330 e. The van der Waals surface area contributed by atoms with Crippen LogP contribution in [-0.2, 0) is 9.53 Å². The second-order valence-corrected chi connectivity index (χ2v) is 3.44. The van der Waals surface area contributed by atoms with Crippen molar-refractivity contribution < 1.29 is 19.6 Å². The van der Waals surface area contributed by atoms with Crippen molar-refractivity contribution in [3.63, 3.8) is 0 Å². The van der Waals surface area contributed by atoms with E-state index in [1.807, 2.05) is 0 Å². The van der Waals surface area contributed by atoms with Gasteiger partial charge in [-0.15, -0.1) is 0 Å². The molecule has 98 valence electrons. The normalized spacial score (nSPS) is 11.7. The number of esters is 1. The second-order valence-electron chi connectivity index (χ2n) is 3.44. The first-order valence-electron chi connectivity index (χ1n) is 5.37. The largest absolute Gasteiger partial charge is 0.464 e. The zero-order valence-corrected chi connectivity index (χ0v) is 9.83. The Labute approximate surface area is 104 Å². The maximum Gasteiger partial charge on any atom is 0.330 e. The maximum absolute atomic E-state index is 11.4. The number of carbonyl (C=O) groups excluding carboxylic acids is 1. The van der Waals surface area contributed by atoms with Crippen LogP contribution in [0.1, 0.15) is 6.92 Å². The summed E-state index contributed by atoms with van der Waals surface area (Å²) in [6.07, 6.45) is 0. The van der Waals surface area contributed by atoms with Gasteiger partial charge in [-0.3, -0.25) is 10.1 Å². The number of hydrogen-bond acceptors (Lipinski definition) is 6. The van der Waals surface area contributed by atoms with Crippen LogP contribution in [0, 0.1) is 10.1 Å². The summed E-state index contributed by atoms with van der Waals surface area (Å²) in [7, 11) is 0. The van der Waals surface area contributed by atoms with E-state index < -0.39 is 23.5 Å². The van der Waals surface area contributed by atoms with Crippen molar-refractivity contribution in [2.24, 2.45) is 0 Å². The minimum absolute atomic E-state index is 0.0967. The Kier molecular flexibility index (Phi) is 5.06. The standard InChI is InChI=1S/C11H14N2O5/c1-2-18-11(15)10(7-14)12-8-4-3-5-9(6-8)13(16)17/h3-6,10,12,14H,2,7H2,1H3/t10-/m0/s1. The van der Waals surface area contributed by atoms with Crippen molar-refractivity contribution in [3.8, 4) is 0 Å². The Morgan fingerprint density at radius 1 is 1.61 bits per heavy atom. The van der Waals surface area contributed by atoms with Crippen LogP contribution in [0.25, 0.3) is 0 Å². The van der Waals surface area contributed by atoms with E-state index in [1.54, 1.807) is 13.0 Å². The molecule has 1 aromatic carbocycles. The first kappa shape index (κ1) is 13.9. The number of anilines is 1. The fraction of sp³-hybridized carbons (Fsp3) is 0.364. The number of nitrogens with zero attached hydrogens (tertiary/aromatic N) is 1. The van der Waals surface area contributed by atoms with Crippen LogP contribution < -0.4 is 5.32 Å². The van der Waals surface area contributed by atoms with Gasteiger partial charge in [-0.1, -0.05) is 6.07 Å². The zero-order valence-electron chi connectivity index (χ0n) is 9.83. The molecule has 1 atom stereocenters. The van der Waals surface area contributed by atoms with Crippen molar-refractivity contribution in [2.75, 3.05) is 18.5 Å². The highest BCUT2D eigenvalue weighted by Crippen LogP contribution is 2.17. The molecular weight excluding hydrogens is 240 g/mol. The number of non-ortho nitro benzene ring substituents is 1. The molecule has 0 aliphatic carbocycles. The first-order valence-corrected chi connectivity index (χ1v) is 5.37. The summed E-state index contributed by atoms with van der Waals surface area (Å²) in [4.78, 5) is 21.5. The molecule has 0 aromatic heterocycles. The van der Waals surface area contributed by atoms with Gasteiger partial charge in [0.15, 0.2) is 0 Å². The summed E-state index contributed by atoms with van der Waals surface area (Å²) in [6, 6.07) is 4.73. The lowest BCUT2D eigenvalue weighted by atomic mass is 10.2. The van der Waals surface area contributed by atoms with Crippen LogP contribution in [0.15, 0.2) is 24.3 Å². The molecule has 0 heterocycles. The van der Waals surface area contributed by atoms with E-state index in [-0.39, 0.29) is 12.3 Å². The van der Waals surface area contributed by atoms with Crippen LogP contribution in [0.2, 0.25) is 0 Å². The molecule has 0 radical (unpaired) electrons. The molecule has 18 heavy (non-hydrogen) atoms. The molecule has 2 N–H and O–H groups in total. The minimum Gasteiger partial charge on any atom is -0.464 e. The molecule has 0 amide bonds. The highest BCUT2D eigenvalue weighted by molar-refractivity contribution is 5.79. The van der Waals surface area contributed by atoms with E-state index in [0.717, 1.165) is 0 Å². The average Bonchev–Trinajstić information content (AvgIpc) is 2.36. The molecule has 0 saturated carbocycles. The lowest BCUT2D eigenvalue weighted by Gasteiger charge is -2.15. The number of benzene rings is 1. The van der Waals surface area contributed by atoms with Crippen LogP contribution in [0.3, 0.4) is 0 Å². The maximum atomic E-state index is 11.4.